The minimum Gasteiger partial charge on any atom is -0.480 e. The number of ketones is 1. The fraction of sp³-hybridized carbons (Fsp3) is 0.294. The Labute approximate surface area is 150 Å². The average molecular weight is 370 g/mol. The summed E-state index contributed by atoms with van der Waals surface area (Å²) >= 11 is 11.7. The first kappa shape index (κ1) is 18.4. The van der Waals surface area contributed by atoms with Crippen molar-refractivity contribution in [3.63, 3.8) is 0 Å². The smallest absolute Gasteiger partial charge is 0.344 e. The molecule has 7 heteroatoms. The van der Waals surface area contributed by atoms with Crippen LogP contribution >= 0.6 is 23.2 Å². The summed E-state index contributed by atoms with van der Waals surface area (Å²) in [5.74, 6) is -0.590. The molecule has 5 nitrogen and oxygen atoms in total. The van der Waals surface area contributed by atoms with E-state index in [0.29, 0.717) is 21.4 Å². The SMILES string of the molecule is Cc1cc(C(=O)COC(=O)COc2ccc(Cl)cc2Cl)c(C)n1C. The van der Waals surface area contributed by atoms with Crippen LogP contribution in [0.2, 0.25) is 10.0 Å². The molecule has 0 N–H and O–H groups in total. The average Bonchev–Trinajstić information content (AvgIpc) is 2.79. The van der Waals surface area contributed by atoms with Gasteiger partial charge in [0.25, 0.3) is 0 Å². The van der Waals surface area contributed by atoms with Gasteiger partial charge in [-0.15, -0.1) is 0 Å². The van der Waals surface area contributed by atoms with E-state index in [4.69, 9.17) is 32.7 Å². The number of carbonyl (C=O) groups excluding carboxylic acids is 2. The highest BCUT2D eigenvalue weighted by Gasteiger charge is 2.16. The van der Waals surface area contributed by atoms with E-state index >= 15 is 0 Å². The predicted octanol–water partition coefficient (Wildman–Crippen LogP) is 3.75. The Hall–Kier alpha value is -1.98. The van der Waals surface area contributed by atoms with Gasteiger partial charge in [-0.1, -0.05) is 23.2 Å². The lowest BCUT2D eigenvalue weighted by atomic mass is 10.1. The molecule has 0 amide bonds. The van der Waals surface area contributed by atoms with Gasteiger partial charge in [-0.05, 0) is 38.1 Å². The Kier molecular flexibility index (Phi) is 5.91. The molecular weight excluding hydrogens is 353 g/mol. The van der Waals surface area contributed by atoms with Crippen molar-refractivity contribution in [2.24, 2.45) is 7.05 Å². The molecular formula is C17H17Cl2NO4. The van der Waals surface area contributed by atoms with Crippen molar-refractivity contribution in [1.82, 2.24) is 4.57 Å². The van der Waals surface area contributed by atoms with Crippen LogP contribution in [0.1, 0.15) is 21.7 Å². The van der Waals surface area contributed by atoms with E-state index in [1.165, 1.54) is 6.07 Å². The molecule has 0 aliphatic rings. The largest absolute Gasteiger partial charge is 0.480 e. The topological polar surface area (TPSA) is 57.5 Å². The van der Waals surface area contributed by atoms with Crippen LogP contribution in [-0.2, 0) is 16.6 Å². The number of nitrogens with zero attached hydrogens (tertiary/aromatic N) is 1. The van der Waals surface area contributed by atoms with E-state index in [-0.39, 0.29) is 19.0 Å². The normalized spacial score (nSPS) is 10.5. The second kappa shape index (κ2) is 7.73. The molecule has 0 aliphatic carbocycles. The first-order valence-electron chi connectivity index (χ1n) is 7.19. The van der Waals surface area contributed by atoms with Crippen molar-refractivity contribution in [2.45, 2.75) is 13.8 Å². The van der Waals surface area contributed by atoms with Crippen LogP contribution in [0.15, 0.2) is 24.3 Å². The number of aromatic nitrogens is 1. The summed E-state index contributed by atoms with van der Waals surface area (Å²) < 4.78 is 12.1. The summed E-state index contributed by atoms with van der Waals surface area (Å²) in [6, 6.07) is 6.43. The third kappa shape index (κ3) is 4.30. The van der Waals surface area contributed by atoms with Crippen LogP contribution < -0.4 is 4.74 Å². The number of rotatable bonds is 6. The molecule has 0 fully saturated rings. The van der Waals surface area contributed by atoms with Crippen molar-refractivity contribution >= 4 is 35.0 Å². The maximum Gasteiger partial charge on any atom is 0.344 e. The van der Waals surface area contributed by atoms with E-state index in [2.05, 4.69) is 0 Å². The Balaban J connectivity index is 1.86. The van der Waals surface area contributed by atoms with Gasteiger partial charge in [0, 0.05) is 29.0 Å². The van der Waals surface area contributed by atoms with Crippen LogP contribution in [-0.4, -0.2) is 29.5 Å². The summed E-state index contributed by atoms with van der Waals surface area (Å²) in [7, 11) is 1.87. The lowest BCUT2D eigenvalue weighted by molar-refractivity contribution is -0.144. The zero-order valence-electron chi connectivity index (χ0n) is 13.6. The Morgan fingerprint density at radius 2 is 1.83 bits per heavy atom. The van der Waals surface area contributed by atoms with Crippen molar-refractivity contribution in [1.29, 1.82) is 0 Å². The van der Waals surface area contributed by atoms with Crippen LogP contribution in [0.3, 0.4) is 0 Å². The number of Topliss-reactive ketones (excluding diaryl/α,β-unsaturated/α-hetero) is 1. The van der Waals surface area contributed by atoms with Gasteiger partial charge in [0.1, 0.15) is 5.75 Å². The number of carbonyl (C=O) groups is 2. The third-order valence-corrected chi connectivity index (χ3v) is 4.21. The molecule has 0 aliphatic heterocycles. The molecule has 0 radical (unpaired) electrons. The molecule has 0 saturated heterocycles. The van der Waals surface area contributed by atoms with Crippen LogP contribution in [0, 0.1) is 13.8 Å². The maximum atomic E-state index is 12.1. The summed E-state index contributed by atoms with van der Waals surface area (Å²) in [5.41, 5.74) is 2.34. The minimum atomic E-state index is -0.653. The lowest BCUT2D eigenvalue weighted by Crippen LogP contribution is -2.19. The fourth-order valence-electron chi connectivity index (χ4n) is 2.13. The molecule has 1 aromatic carbocycles. The Morgan fingerprint density at radius 1 is 1.12 bits per heavy atom. The third-order valence-electron chi connectivity index (χ3n) is 3.68. The van der Waals surface area contributed by atoms with Gasteiger partial charge in [0.15, 0.2) is 13.2 Å². The number of esters is 1. The molecule has 128 valence electrons. The minimum absolute atomic E-state index is 0.255. The number of benzene rings is 1. The van der Waals surface area contributed by atoms with Crippen molar-refractivity contribution in [2.75, 3.05) is 13.2 Å². The van der Waals surface area contributed by atoms with Gasteiger partial charge in [-0.3, -0.25) is 4.79 Å². The highest BCUT2D eigenvalue weighted by Crippen LogP contribution is 2.27. The van der Waals surface area contributed by atoms with Gasteiger partial charge in [0.05, 0.1) is 5.02 Å². The second-order valence-corrected chi connectivity index (χ2v) is 6.13. The molecule has 1 heterocycles. The maximum absolute atomic E-state index is 12.1. The first-order chi connectivity index (χ1) is 11.3. The monoisotopic (exact) mass is 369 g/mol. The molecule has 0 unspecified atom stereocenters. The van der Waals surface area contributed by atoms with Gasteiger partial charge < -0.3 is 14.0 Å². The zero-order valence-corrected chi connectivity index (χ0v) is 15.1. The van der Waals surface area contributed by atoms with E-state index in [1.54, 1.807) is 18.2 Å². The summed E-state index contributed by atoms with van der Waals surface area (Å²) in [6.07, 6.45) is 0. The van der Waals surface area contributed by atoms with Gasteiger partial charge in [0.2, 0.25) is 5.78 Å². The molecule has 0 spiro atoms. The van der Waals surface area contributed by atoms with E-state index in [0.717, 1.165) is 11.4 Å². The van der Waals surface area contributed by atoms with Crippen LogP contribution in [0.25, 0.3) is 0 Å². The van der Waals surface area contributed by atoms with Crippen LogP contribution in [0.4, 0.5) is 0 Å². The Morgan fingerprint density at radius 3 is 2.42 bits per heavy atom. The quantitative estimate of drug-likeness (QED) is 0.574. The number of aryl methyl sites for hydroxylation is 1. The molecule has 1 aromatic heterocycles. The van der Waals surface area contributed by atoms with E-state index < -0.39 is 5.97 Å². The molecule has 0 bridgehead atoms. The zero-order chi connectivity index (χ0) is 17.9. The van der Waals surface area contributed by atoms with Gasteiger partial charge in [-0.25, -0.2) is 4.79 Å². The molecule has 0 atom stereocenters. The number of hydrogen-bond acceptors (Lipinski definition) is 4. The van der Waals surface area contributed by atoms with Gasteiger partial charge >= 0.3 is 5.97 Å². The number of ether oxygens (including phenoxy) is 2. The summed E-state index contributed by atoms with van der Waals surface area (Å²) in [6.45, 7) is 3.06. The summed E-state index contributed by atoms with van der Waals surface area (Å²) in [4.78, 5) is 23.8. The molecule has 2 aromatic rings. The van der Waals surface area contributed by atoms with E-state index in [1.807, 2.05) is 25.5 Å². The second-order valence-electron chi connectivity index (χ2n) is 5.29. The predicted molar refractivity (Wildman–Crippen MR) is 92.1 cm³/mol. The van der Waals surface area contributed by atoms with Crippen molar-refractivity contribution < 1.29 is 19.1 Å². The number of halogens is 2. The lowest BCUT2D eigenvalue weighted by Gasteiger charge is -2.08. The van der Waals surface area contributed by atoms with E-state index in [9.17, 15) is 9.59 Å². The highest BCUT2D eigenvalue weighted by molar-refractivity contribution is 6.35. The molecule has 24 heavy (non-hydrogen) atoms. The van der Waals surface area contributed by atoms with Crippen molar-refractivity contribution in [3.8, 4) is 5.75 Å². The molecule has 2 rings (SSSR count). The van der Waals surface area contributed by atoms with Crippen LogP contribution in [0.5, 0.6) is 5.75 Å². The molecule has 0 saturated carbocycles. The summed E-state index contributed by atoms with van der Waals surface area (Å²) in [5, 5.41) is 0.760. The Bertz CT molecular complexity index is 783. The van der Waals surface area contributed by atoms with Crippen molar-refractivity contribution in [3.05, 3.63) is 51.3 Å². The first-order valence-corrected chi connectivity index (χ1v) is 7.94. The van der Waals surface area contributed by atoms with Gasteiger partial charge in [-0.2, -0.15) is 0 Å². The standard InChI is InChI=1S/C17H17Cl2NO4/c1-10-6-13(11(2)20(10)3)15(21)8-24-17(22)9-23-16-5-4-12(18)7-14(16)19/h4-7H,8-9H2,1-3H3. The number of hydrogen-bond donors (Lipinski definition) is 0. The fourth-order valence-corrected chi connectivity index (χ4v) is 2.60. The highest BCUT2D eigenvalue weighted by atomic mass is 35.5.